The summed E-state index contributed by atoms with van der Waals surface area (Å²) in [4.78, 5) is 75.2. The van der Waals surface area contributed by atoms with Gasteiger partial charge in [-0.3, -0.25) is 33.3 Å². The molecule has 1 aliphatic heterocycles. The summed E-state index contributed by atoms with van der Waals surface area (Å²) in [7, 11) is -4.41. The van der Waals surface area contributed by atoms with Crippen molar-refractivity contribution in [2.24, 2.45) is 23.5 Å². The summed E-state index contributed by atoms with van der Waals surface area (Å²) in [5.41, 5.74) is 8.13. The van der Waals surface area contributed by atoms with E-state index in [0.29, 0.717) is 23.5 Å². The number of benzene rings is 1. The zero-order valence-corrected chi connectivity index (χ0v) is 40.6. The second-order valence-electron chi connectivity index (χ2n) is 18.2. The Bertz CT molecular complexity index is 1880. The highest BCUT2D eigenvalue weighted by Gasteiger charge is 2.36. The maximum atomic E-state index is 14.0. The van der Waals surface area contributed by atoms with Gasteiger partial charge in [0.25, 0.3) is 10.1 Å². The predicted octanol–water partition coefficient (Wildman–Crippen LogP) is 5.41. The van der Waals surface area contributed by atoms with Crippen LogP contribution in [0, 0.1) is 38.5 Å². The topological polar surface area (TPSA) is 278 Å². The standard InChI is InChI=1S/C45H74N4O13S2/c1-27(2)12-9-13-28(3)14-10-15-29(4)16-11-20-45(8)21-19-33-32(7)40(30(5)31(6)41(33)62-45)61-44(57)36(24-38(51)47-22-23-64(58,59)60)63-26-35(42(54)48-25-39(52)53)49-37(50)18-17-34(46)43(55)56/h27-29,34-36H,9-26,46H2,1-8H3,(H,47,51)(H,48,54)(H,49,50)(H,52,53)(H,55,56)(H,58,59,60)/t28-,29-,34+,35+,36?,45-/m1/s1. The van der Waals surface area contributed by atoms with E-state index in [2.05, 4.69) is 50.6 Å². The van der Waals surface area contributed by atoms with Gasteiger partial charge in [0.2, 0.25) is 17.7 Å². The van der Waals surface area contributed by atoms with Gasteiger partial charge in [0.15, 0.2) is 0 Å². The van der Waals surface area contributed by atoms with Crippen molar-refractivity contribution < 1.29 is 61.4 Å². The molecule has 1 aliphatic rings. The van der Waals surface area contributed by atoms with Gasteiger partial charge >= 0.3 is 17.9 Å². The summed E-state index contributed by atoms with van der Waals surface area (Å²) >= 11 is 0.751. The van der Waals surface area contributed by atoms with Crippen molar-refractivity contribution in [3.05, 3.63) is 22.3 Å². The molecule has 1 heterocycles. The summed E-state index contributed by atoms with van der Waals surface area (Å²) in [6.45, 7) is 15.7. The van der Waals surface area contributed by atoms with Gasteiger partial charge in [0, 0.05) is 30.7 Å². The first-order chi connectivity index (χ1) is 29.8. The third-order valence-corrected chi connectivity index (χ3v) is 13.9. The van der Waals surface area contributed by atoms with Crippen molar-refractivity contribution in [2.45, 2.75) is 168 Å². The number of hydrogen-bond acceptors (Lipinski definition) is 12. The van der Waals surface area contributed by atoms with Gasteiger partial charge in [0.1, 0.15) is 41.0 Å². The number of hydrogen-bond donors (Lipinski definition) is 7. The Hall–Kier alpha value is -3.94. The van der Waals surface area contributed by atoms with Gasteiger partial charge in [0.05, 0.1) is 5.75 Å². The number of nitrogens with one attached hydrogen (secondary N) is 3. The Morgan fingerprint density at radius 1 is 0.859 bits per heavy atom. The van der Waals surface area contributed by atoms with Crippen molar-refractivity contribution in [1.82, 2.24) is 16.0 Å². The second-order valence-corrected chi connectivity index (χ2v) is 21.0. The van der Waals surface area contributed by atoms with Crippen LogP contribution in [-0.2, 0) is 45.3 Å². The molecule has 0 saturated carbocycles. The normalized spacial score (nSPS) is 17.2. The van der Waals surface area contributed by atoms with Crippen LogP contribution in [0.25, 0.3) is 0 Å². The zero-order valence-electron chi connectivity index (χ0n) is 39.0. The highest BCUT2D eigenvalue weighted by Crippen LogP contribution is 2.45. The number of ether oxygens (including phenoxy) is 2. The molecule has 0 bridgehead atoms. The number of carboxylic acid groups (broad SMARTS) is 2. The van der Waals surface area contributed by atoms with Crippen LogP contribution < -0.4 is 31.2 Å². The van der Waals surface area contributed by atoms with Crippen molar-refractivity contribution in [3.8, 4) is 11.5 Å². The van der Waals surface area contributed by atoms with E-state index in [4.69, 9.17) is 30.0 Å². The summed E-state index contributed by atoms with van der Waals surface area (Å²) < 4.78 is 44.4. The highest BCUT2D eigenvalue weighted by molar-refractivity contribution is 8.00. The molecule has 364 valence electrons. The third kappa shape index (κ3) is 20.5. The Morgan fingerprint density at radius 2 is 1.47 bits per heavy atom. The minimum atomic E-state index is -4.41. The quantitative estimate of drug-likeness (QED) is 0.0288. The van der Waals surface area contributed by atoms with Crippen LogP contribution in [0.4, 0.5) is 0 Å². The van der Waals surface area contributed by atoms with E-state index < -0.39 is 88.3 Å². The van der Waals surface area contributed by atoms with E-state index in [-0.39, 0.29) is 29.9 Å². The molecule has 0 fully saturated rings. The molecule has 19 heteroatoms. The molecule has 0 aromatic heterocycles. The number of carboxylic acids is 2. The average molecular weight is 943 g/mol. The van der Waals surface area contributed by atoms with Gasteiger partial charge in [-0.2, -0.15) is 8.42 Å². The molecule has 3 amide bonds. The monoisotopic (exact) mass is 942 g/mol. The lowest BCUT2D eigenvalue weighted by Crippen LogP contribution is -2.50. The minimum Gasteiger partial charge on any atom is -0.487 e. The number of amides is 3. The molecule has 1 aromatic rings. The van der Waals surface area contributed by atoms with Gasteiger partial charge < -0.3 is 41.4 Å². The first kappa shape index (κ1) is 56.2. The molecule has 8 N–H and O–H groups in total. The molecule has 0 radical (unpaired) electrons. The van der Waals surface area contributed by atoms with Crippen LogP contribution in [-0.4, -0.2) is 106 Å². The van der Waals surface area contributed by atoms with Gasteiger partial charge in [-0.1, -0.05) is 72.6 Å². The number of carbonyl (C=O) groups is 6. The van der Waals surface area contributed by atoms with E-state index in [1.54, 1.807) is 6.92 Å². The van der Waals surface area contributed by atoms with E-state index in [1.807, 2.05) is 13.8 Å². The summed E-state index contributed by atoms with van der Waals surface area (Å²) in [5, 5.41) is 23.8. The van der Waals surface area contributed by atoms with Crippen molar-refractivity contribution in [1.29, 1.82) is 0 Å². The second kappa shape index (κ2) is 26.9. The SMILES string of the molecule is Cc1c(C)c2c(c(C)c1OC(=O)C(CC(=O)NCCS(=O)(=O)O)SC[C@H](NC(=O)CC[C@H](N)C(=O)O)C(=O)NCC(=O)O)CC[C@@](C)(CCC[C@H](C)CCC[C@H](C)CCCC(C)C)O2. The van der Waals surface area contributed by atoms with Crippen molar-refractivity contribution >= 4 is 57.5 Å². The van der Waals surface area contributed by atoms with Crippen LogP contribution >= 0.6 is 11.8 Å². The molecule has 0 spiro atoms. The predicted molar refractivity (Wildman–Crippen MR) is 246 cm³/mol. The molecule has 1 unspecified atom stereocenters. The maximum absolute atomic E-state index is 14.0. The number of esters is 1. The van der Waals surface area contributed by atoms with E-state index in [9.17, 15) is 37.2 Å². The van der Waals surface area contributed by atoms with E-state index in [1.165, 1.54) is 38.5 Å². The summed E-state index contributed by atoms with van der Waals surface area (Å²) in [6, 6.07) is -2.80. The molecule has 0 aliphatic carbocycles. The fourth-order valence-electron chi connectivity index (χ4n) is 7.71. The number of aliphatic carboxylic acids is 2. The van der Waals surface area contributed by atoms with Crippen LogP contribution in [0.3, 0.4) is 0 Å². The molecule has 1 aromatic carbocycles. The molecule has 17 nitrogen and oxygen atoms in total. The van der Waals surface area contributed by atoms with E-state index in [0.717, 1.165) is 66.2 Å². The summed E-state index contributed by atoms with van der Waals surface area (Å²) in [5.74, 6) is -4.06. The van der Waals surface area contributed by atoms with Gasteiger partial charge in [-0.25, -0.2) is 0 Å². The van der Waals surface area contributed by atoms with Crippen LogP contribution in [0.2, 0.25) is 0 Å². The first-order valence-corrected chi connectivity index (χ1v) is 25.1. The van der Waals surface area contributed by atoms with Crippen LogP contribution in [0.1, 0.15) is 140 Å². The molecular formula is C45H74N4O13S2. The van der Waals surface area contributed by atoms with Crippen LogP contribution in [0.5, 0.6) is 11.5 Å². The average Bonchev–Trinajstić information content (AvgIpc) is 3.19. The van der Waals surface area contributed by atoms with Crippen molar-refractivity contribution in [2.75, 3.05) is 24.6 Å². The van der Waals surface area contributed by atoms with Crippen LogP contribution in [0.15, 0.2) is 0 Å². The third-order valence-electron chi connectivity index (χ3n) is 11.9. The lowest BCUT2D eigenvalue weighted by molar-refractivity contribution is -0.139. The number of nitrogens with two attached hydrogens (primary N) is 1. The van der Waals surface area contributed by atoms with Gasteiger partial charge in [-0.05, 0) is 94.2 Å². The van der Waals surface area contributed by atoms with Gasteiger partial charge in [-0.15, -0.1) is 11.8 Å². The fraction of sp³-hybridized carbons (Fsp3) is 0.733. The number of rotatable bonds is 30. The maximum Gasteiger partial charge on any atom is 0.325 e. The Balaban J connectivity index is 2.24. The number of thioether (sulfide) groups is 1. The number of carbonyl (C=O) groups excluding carboxylic acids is 4. The summed E-state index contributed by atoms with van der Waals surface area (Å²) in [6.07, 6.45) is 10.9. The first-order valence-electron chi connectivity index (χ1n) is 22.5. The smallest absolute Gasteiger partial charge is 0.325 e. The van der Waals surface area contributed by atoms with Crippen molar-refractivity contribution in [3.63, 3.8) is 0 Å². The molecular weight excluding hydrogens is 869 g/mol. The van der Waals surface area contributed by atoms with E-state index >= 15 is 0 Å². The Labute approximate surface area is 383 Å². The Morgan fingerprint density at radius 3 is 2.05 bits per heavy atom. The molecule has 0 saturated heterocycles. The highest BCUT2D eigenvalue weighted by atomic mass is 32.2. The fourth-order valence-corrected chi connectivity index (χ4v) is 9.18. The molecule has 6 atom stereocenters. The number of fused-ring (bicyclic) bond motifs is 1. The lowest BCUT2D eigenvalue weighted by Gasteiger charge is -2.38. The zero-order chi connectivity index (χ0) is 48.4. The Kier molecular flexibility index (Phi) is 23.6. The molecule has 64 heavy (non-hydrogen) atoms. The molecule has 2 rings (SSSR count). The minimum absolute atomic E-state index is 0.266. The lowest BCUT2D eigenvalue weighted by atomic mass is 9.83. The largest absolute Gasteiger partial charge is 0.487 e.